The molecule has 2 nitrogen and oxygen atoms in total. The average Bonchev–Trinajstić information content (AvgIpc) is 2.46. The van der Waals surface area contributed by atoms with Gasteiger partial charge in [-0.1, -0.05) is 38.1 Å². The predicted molar refractivity (Wildman–Crippen MR) is 80.0 cm³/mol. The number of rotatable bonds is 2. The van der Waals surface area contributed by atoms with Gasteiger partial charge in [-0.15, -0.1) is 0 Å². The van der Waals surface area contributed by atoms with Crippen LogP contribution in [0.2, 0.25) is 0 Å². The molecule has 0 fully saturated rings. The molecule has 1 aromatic heterocycles. The Morgan fingerprint density at radius 2 is 1.95 bits per heavy atom. The molecule has 0 N–H and O–H groups in total. The molecule has 2 atom stereocenters. The van der Waals surface area contributed by atoms with Crippen LogP contribution in [-0.2, 0) is 4.57 Å². The maximum absolute atomic E-state index is 12.1. The Hall–Kier alpha value is -1.66. The molecule has 19 heavy (non-hydrogen) atoms. The minimum absolute atomic E-state index is 0.512. The van der Waals surface area contributed by atoms with Crippen molar-refractivity contribution in [2.75, 3.05) is 0 Å². The van der Waals surface area contributed by atoms with Crippen LogP contribution in [0.25, 0.3) is 21.5 Å². The lowest BCUT2D eigenvalue weighted by Gasteiger charge is -2.08. The third kappa shape index (κ3) is 2.06. The zero-order valence-electron chi connectivity index (χ0n) is 11.1. The summed E-state index contributed by atoms with van der Waals surface area (Å²) in [6, 6.07) is 14.0. The fraction of sp³-hybridized carbons (Fsp3) is 0.250. The monoisotopic (exact) mass is 271 g/mol. The Morgan fingerprint density at radius 3 is 2.74 bits per heavy atom. The number of fused-ring (bicyclic) bond motifs is 3. The van der Waals surface area contributed by atoms with E-state index in [1.807, 2.05) is 30.3 Å². The molecule has 2 aromatic carbocycles. The van der Waals surface area contributed by atoms with E-state index in [9.17, 15) is 4.57 Å². The second kappa shape index (κ2) is 4.79. The smallest absolute Gasteiger partial charge is 0.250 e. The Labute approximate surface area is 112 Å². The van der Waals surface area contributed by atoms with Crippen LogP contribution in [0.3, 0.4) is 0 Å². The van der Waals surface area contributed by atoms with Gasteiger partial charge in [-0.05, 0) is 40.7 Å². The molecule has 3 aromatic rings. The van der Waals surface area contributed by atoms with Gasteiger partial charge in [0.15, 0.2) is 5.58 Å². The molecule has 96 valence electrons. The van der Waals surface area contributed by atoms with E-state index >= 15 is 0 Å². The van der Waals surface area contributed by atoms with Crippen LogP contribution in [0, 0.1) is 0 Å². The molecule has 2 unspecified atom stereocenters. The van der Waals surface area contributed by atoms with Crippen LogP contribution in [-0.4, -0.2) is 0 Å². The molecular formula is C16H16O2P+. The lowest BCUT2D eigenvalue weighted by Crippen LogP contribution is -1.90. The molecule has 0 aliphatic carbocycles. The van der Waals surface area contributed by atoms with Gasteiger partial charge in [0, 0.05) is 10.8 Å². The fourth-order valence-electron chi connectivity index (χ4n) is 2.38. The van der Waals surface area contributed by atoms with Gasteiger partial charge in [0.05, 0.1) is 0 Å². The van der Waals surface area contributed by atoms with Crippen molar-refractivity contribution >= 4 is 29.1 Å². The molecule has 3 heteroatoms. The van der Waals surface area contributed by atoms with Crippen molar-refractivity contribution in [3.8, 4) is 0 Å². The first kappa shape index (κ1) is 12.4. The summed E-state index contributed by atoms with van der Waals surface area (Å²) in [6.45, 7) is 4.40. The highest BCUT2D eigenvalue weighted by molar-refractivity contribution is 7.37. The summed E-state index contributed by atoms with van der Waals surface area (Å²) >= 11 is 0. The van der Waals surface area contributed by atoms with Gasteiger partial charge in [-0.25, -0.2) is 4.20 Å². The Balaban J connectivity index is 2.42. The van der Waals surface area contributed by atoms with E-state index in [1.165, 1.54) is 5.56 Å². The number of hydrogen-bond donors (Lipinski definition) is 0. The highest BCUT2D eigenvalue weighted by Crippen LogP contribution is 2.36. The normalized spacial score (nSPS) is 13.9. The molecule has 0 radical (unpaired) electrons. The second-order valence-corrected chi connectivity index (χ2v) is 6.11. The third-order valence-corrected chi connectivity index (χ3v) is 4.90. The molecule has 0 aliphatic rings. The largest absolute Gasteiger partial charge is 0.597 e. The van der Waals surface area contributed by atoms with E-state index in [0.717, 1.165) is 27.9 Å². The van der Waals surface area contributed by atoms with Gasteiger partial charge in [0.2, 0.25) is 5.12 Å². The Bertz CT molecular complexity index is 805. The topological polar surface area (TPSA) is 30.2 Å². The first-order valence-electron chi connectivity index (χ1n) is 6.59. The fourth-order valence-corrected chi connectivity index (χ4v) is 3.39. The van der Waals surface area contributed by atoms with E-state index in [4.69, 9.17) is 4.20 Å². The van der Waals surface area contributed by atoms with E-state index in [0.29, 0.717) is 5.92 Å². The lowest BCUT2D eigenvalue weighted by molar-refractivity contribution is 0.563. The van der Waals surface area contributed by atoms with Crippen molar-refractivity contribution in [2.45, 2.75) is 26.2 Å². The van der Waals surface area contributed by atoms with E-state index in [2.05, 4.69) is 26.0 Å². The maximum Gasteiger partial charge on any atom is 0.597 e. The summed E-state index contributed by atoms with van der Waals surface area (Å²) < 4.78 is 17.6. The van der Waals surface area contributed by atoms with E-state index in [1.54, 1.807) is 0 Å². The summed E-state index contributed by atoms with van der Waals surface area (Å²) in [7, 11) is -1.78. The van der Waals surface area contributed by atoms with Crippen LogP contribution in [0.4, 0.5) is 0 Å². The molecule has 0 bridgehead atoms. The summed E-state index contributed by atoms with van der Waals surface area (Å²) in [6.07, 6.45) is 1.10. The number of para-hydroxylation sites is 1. The van der Waals surface area contributed by atoms with Crippen LogP contribution < -0.4 is 0 Å². The van der Waals surface area contributed by atoms with Gasteiger partial charge >= 0.3 is 7.65 Å². The molecule has 0 saturated carbocycles. The van der Waals surface area contributed by atoms with Gasteiger partial charge in [-0.2, -0.15) is 0 Å². The Morgan fingerprint density at radius 1 is 1.16 bits per heavy atom. The van der Waals surface area contributed by atoms with Crippen molar-refractivity contribution < 1.29 is 8.76 Å². The predicted octanol–water partition coefficient (Wildman–Crippen LogP) is 5.84. The molecule has 0 spiro atoms. The van der Waals surface area contributed by atoms with Gasteiger partial charge < -0.3 is 0 Å². The minimum Gasteiger partial charge on any atom is -0.250 e. The van der Waals surface area contributed by atoms with Crippen molar-refractivity contribution in [2.24, 2.45) is 0 Å². The highest BCUT2D eigenvalue weighted by Gasteiger charge is 2.17. The van der Waals surface area contributed by atoms with Crippen molar-refractivity contribution in [3.63, 3.8) is 0 Å². The van der Waals surface area contributed by atoms with Crippen molar-refractivity contribution in [3.05, 3.63) is 48.0 Å². The van der Waals surface area contributed by atoms with E-state index in [-0.39, 0.29) is 0 Å². The third-order valence-electron chi connectivity index (χ3n) is 3.76. The second-order valence-electron chi connectivity index (χ2n) is 4.93. The zero-order chi connectivity index (χ0) is 13.4. The van der Waals surface area contributed by atoms with Crippen LogP contribution in [0.15, 0.2) is 46.7 Å². The average molecular weight is 271 g/mol. The number of hydrogen-bond acceptors (Lipinski definition) is 2. The first-order valence-corrected chi connectivity index (χ1v) is 7.77. The maximum atomic E-state index is 12.1. The summed E-state index contributed by atoms with van der Waals surface area (Å²) in [5.41, 5.74) is 2.01. The van der Waals surface area contributed by atoms with Gasteiger partial charge in [-0.3, -0.25) is 0 Å². The highest BCUT2D eigenvalue weighted by atomic mass is 31.1. The van der Waals surface area contributed by atoms with E-state index < -0.39 is 7.65 Å². The van der Waals surface area contributed by atoms with Crippen LogP contribution >= 0.6 is 7.65 Å². The summed E-state index contributed by atoms with van der Waals surface area (Å²) in [5.74, 6) is 0.512. The van der Waals surface area contributed by atoms with Crippen molar-refractivity contribution in [1.82, 2.24) is 0 Å². The summed E-state index contributed by atoms with van der Waals surface area (Å²) in [4.78, 5) is 0. The SMILES string of the molecule is CCC(C)c1ccc2c(c1)c1ccccc1o[p+]2=O. The molecule has 3 rings (SSSR count). The molecule has 1 heterocycles. The first-order chi connectivity index (χ1) is 9.20. The lowest BCUT2D eigenvalue weighted by atomic mass is 9.97. The quantitative estimate of drug-likeness (QED) is 0.548. The van der Waals surface area contributed by atoms with Crippen LogP contribution in [0.1, 0.15) is 31.7 Å². The van der Waals surface area contributed by atoms with Crippen molar-refractivity contribution in [1.29, 1.82) is 0 Å². The van der Waals surface area contributed by atoms with Gasteiger partial charge in [0.1, 0.15) is 0 Å². The Kier molecular flexibility index (Phi) is 3.12. The summed E-state index contributed by atoms with van der Waals surface area (Å²) in [5, 5.41) is 2.90. The standard InChI is InChI=1S/C16H16O2P/c1-3-11(2)12-8-9-16-14(10-12)13-6-4-5-7-15(13)18-19(16)17/h4-11H,3H2,1-2H3/q+1. The molecule has 0 saturated heterocycles. The zero-order valence-corrected chi connectivity index (χ0v) is 12.0. The number of benzene rings is 2. The van der Waals surface area contributed by atoms with Gasteiger partial charge in [0.25, 0.3) is 0 Å². The minimum atomic E-state index is -1.78. The molecule has 0 aliphatic heterocycles. The molecule has 0 amide bonds. The molecular weight excluding hydrogens is 255 g/mol. The van der Waals surface area contributed by atoms with Crippen LogP contribution in [0.5, 0.6) is 0 Å².